The zero-order valence-corrected chi connectivity index (χ0v) is 13.6. The molecule has 0 spiro atoms. The molecule has 0 radical (unpaired) electrons. The maximum absolute atomic E-state index is 5.90. The number of hydrogen-bond acceptors (Lipinski definition) is 5. The fourth-order valence-corrected chi connectivity index (χ4v) is 3.69. The Hall–Kier alpha value is -1.50. The van der Waals surface area contributed by atoms with Crippen LogP contribution in [0, 0.1) is 0 Å². The van der Waals surface area contributed by atoms with Gasteiger partial charge in [-0.25, -0.2) is 4.98 Å². The number of aromatic nitrogens is 2. The Morgan fingerprint density at radius 1 is 1.43 bits per heavy atom. The molecule has 0 atom stereocenters. The van der Waals surface area contributed by atoms with Gasteiger partial charge in [-0.3, -0.25) is 4.40 Å². The van der Waals surface area contributed by atoms with Crippen molar-refractivity contribution in [1.29, 1.82) is 0 Å². The second kappa shape index (κ2) is 6.51. The van der Waals surface area contributed by atoms with E-state index in [-0.39, 0.29) is 0 Å². The maximum atomic E-state index is 5.90. The molecule has 1 aromatic carbocycles. The number of thioether (sulfide) groups is 1. The SMILES string of the molecule is CO/N=C\c1c(SCc2ccc(Cl)cc2)nc2sccn12. The lowest BCUT2D eigenvalue weighted by Gasteiger charge is -2.01. The lowest BCUT2D eigenvalue weighted by Crippen LogP contribution is -1.91. The minimum atomic E-state index is 0.749. The molecule has 0 N–H and O–H groups in total. The molecule has 0 saturated carbocycles. The summed E-state index contributed by atoms with van der Waals surface area (Å²) in [5.41, 5.74) is 2.14. The Balaban J connectivity index is 1.84. The third-order valence-electron chi connectivity index (χ3n) is 2.83. The minimum absolute atomic E-state index is 0.749. The lowest BCUT2D eigenvalue weighted by atomic mass is 10.2. The molecular formula is C14H12ClN3OS2. The second-order valence-electron chi connectivity index (χ2n) is 4.19. The van der Waals surface area contributed by atoms with Crippen molar-refractivity contribution in [3.8, 4) is 0 Å². The molecule has 7 heteroatoms. The zero-order chi connectivity index (χ0) is 14.7. The predicted molar refractivity (Wildman–Crippen MR) is 88.7 cm³/mol. The summed E-state index contributed by atoms with van der Waals surface area (Å²) in [5.74, 6) is 0.829. The molecule has 0 fully saturated rings. The molecular weight excluding hydrogens is 326 g/mol. The van der Waals surface area contributed by atoms with E-state index in [0.717, 1.165) is 26.5 Å². The monoisotopic (exact) mass is 337 g/mol. The normalized spacial score (nSPS) is 11.5. The van der Waals surface area contributed by atoms with Crippen molar-refractivity contribution in [2.45, 2.75) is 10.8 Å². The van der Waals surface area contributed by atoms with Crippen molar-refractivity contribution in [3.63, 3.8) is 0 Å². The topological polar surface area (TPSA) is 38.9 Å². The number of fused-ring (bicyclic) bond motifs is 1. The highest BCUT2D eigenvalue weighted by atomic mass is 35.5. The van der Waals surface area contributed by atoms with Gasteiger partial charge in [0.1, 0.15) is 17.8 Å². The van der Waals surface area contributed by atoms with Gasteiger partial charge in [-0.2, -0.15) is 0 Å². The van der Waals surface area contributed by atoms with Crippen LogP contribution in [0.25, 0.3) is 4.96 Å². The van der Waals surface area contributed by atoms with Crippen molar-refractivity contribution in [2.24, 2.45) is 5.16 Å². The summed E-state index contributed by atoms with van der Waals surface area (Å²) in [7, 11) is 1.53. The van der Waals surface area contributed by atoms with Crippen LogP contribution in [0.1, 0.15) is 11.3 Å². The van der Waals surface area contributed by atoms with Crippen molar-refractivity contribution in [2.75, 3.05) is 7.11 Å². The number of nitrogens with zero attached hydrogens (tertiary/aromatic N) is 3. The van der Waals surface area contributed by atoms with E-state index in [1.807, 2.05) is 40.2 Å². The first-order valence-corrected chi connectivity index (χ1v) is 8.41. The van der Waals surface area contributed by atoms with Gasteiger partial charge in [0.25, 0.3) is 0 Å². The third kappa shape index (κ3) is 3.23. The molecule has 0 bridgehead atoms. The van der Waals surface area contributed by atoms with Crippen molar-refractivity contribution < 1.29 is 4.84 Å². The third-order valence-corrected chi connectivity index (χ3v) is 4.89. The Morgan fingerprint density at radius 3 is 3.00 bits per heavy atom. The number of halogens is 1. The van der Waals surface area contributed by atoms with Gasteiger partial charge in [-0.15, -0.1) is 11.3 Å². The Labute approximate surface area is 135 Å². The van der Waals surface area contributed by atoms with Crippen LogP contribution in [0.4, 0.5) is 0 Å². The fraction of sp³-hybridized carbons (Fsp3) is 0.143. The highest BCUT2D eigenvalue weighted by Crippen LogP contribution is 2.28. The average Bonchev–Trinajstić information content (AvgIpc) is 3.06. The minimum Gasteiger partial charge on any atom is -0.399 e. The highest BCUT2D eigenvalue weighted by Gasteiger charge is 2.12. The fourth-order valence-electron chi connectivity index (χ4n) is 1.84. The number of imidazole rings is 1. The van der Waals surface area contributed by atoms with E-state index in [9.17, 15) is 0 Å². The number of rotatable bonds is 5. The Kier molecular flexibility index (Phi) is 4.48. The molecule has 2 aromatic heterocycles. The number of benzene rings is 1. The van der Waals surface area contributed by atoms with Gasteiger partial charge in [0.2, 0.25) is 0 Å². The van der Waals surface area contributed by atoms with Crippen LogP contribution in [0.2, 0.25) is 5.02 Å². The smallest absolute Gasteiger partial charge is 0.195 e. The molecule has 3 aromatic rings. The Bertz CT molecular complexity index is 764. The molecule has 0 aliphatic rings. The average molecular weight is 338 g/mol. The van der Waals surface area contributed by atoms with Gasteiger partial charge in [0.15, 0.2) is 4.96 Å². The molecule has 0 aliphatic carbocycles. The summed E-state index contributed by atoms with van der Waals surface area (Å²) in [6.07, 6.45) is 3.67. The van der Waals surface area contributed by atoms with Crippen LogP contribution in [0.5, 0.6) is 0 Å². The molecule has 0 amide bonds. The van der Waals surface area contributed by atoms with Crippen molar-refractivity contribution in [3.05, 3.63) is 52.1 Å². The molecule has 3 rings (SSSR count). The van der Waals surface area contributed by atoms with Crippen LogP contribution < -0.4 is 0 Å². The Morgan fingerprint density at radius 2 is 2.24 bits per heavy atom. The van der Waals surface area contributed by atoms with Crippen molar-refractivity contribution >= 4 is 45.9 Å². The molecule has 0 saturated heterocycles. The molecule has 108 valence electrons. The molecule has 2 heterocycles. The number of oxime groups is 1. The van der Waals surface area contributed by atoms with E-state index < -0.39 is 0 Å². The molecule has 0 unspecified atom stereocenters. The summed E-state index contributed by atoms with van der Waals surface area (Å²) in [4.78, 5) is 10.4. The van der Waals surface area contributed by atoms with E-state index in [0.29, 0.717) is 0 Å². The predicted octanol–water partition coefficient (Wildman–Crippen LogP) is 4.32. The van der Waals surface area contributed by atoms with E-state index in [1.54, 1.807) is 29.3 Å². The van der Waals surface area contributed by atoms with Gasteiger partial charge in [0.05, 0.1) is 6.21 Å². The maximum Gasteiger partial charge on any atom is 0.195 e. The quantitative estimate of drug-likeness (QED) is 0.395. The van der Waals surface area contributed by atoms with E-state index in [1.165, 1.54) is 12.7 Å². The summed E-state index contributed by atoms with van der Waals surface area (Å²) >= 11 is 9.17. The zero-order valence-electron chi connectivity index (χ0n) is 11.2. The molecule has 4 nitrogen and oxygen atoms in total. The van der Waals surface area contributed by atoms with Gasteiger partial charge < -0.3 is 4.84 Å². The second-order valence-corrected chi connectivity index (χ2v) is 6.46. The lowest BCUT2D eigenvalue weighted by molar-refractivity contribution is 0.215. The van der Waals surface area contributed by atoms with Gasteiger partial charge in [-0.1, -0.05) is 40.7 Å². The highest BCUT2D eigenvalue weighted by molar-refractivity contribution is 7.98. The number of hydrogen-bond donors (Lipinski definition) is 0. The van der Waals surface area contributed by atoms with Crippen molar-refractivity contribution in [1.82, 2.24) is 9.38 Å². The van der Waals surface area contributed by atoms with E-state index in [4.69, 9.17) is 16.4 Å². The van der Waals surface area contributed by atoms with Crippen LogP contribution >= 0.6 is 34.7 Å². The van der Waals surface area contributed by atoms with E-state index in [2.05, 4.69) is 10.1 Å². The largest absolute Gasteiger partial charge is 0.399 e. The summed E-state index contributed by atoms with van der Waals surface area (Å²) in [6, 6.07) is 7.85. The van der Waals surface area contributed by atoms with Gasteiger partial charge >= 0.3 is 0 Å². The van der Waals surface area contributed by atoms with Gasteiger partial charge in [0, 0.05) is 22.4 Å². The molecule has 0 aliphatic heterocycles. The van der Waals surface area contributed by atoms with Crippen LogP contribution in [-0.2, 0) is 10.6 Å². The van der Waals surface area contributed by atoms with Gasteiger partial charge in [-0.05, 0) is 17.7 Å². The summed E-state index contributed by atoms with van der Waals surface area (Å²) in [5, 5.41) is 7.55. The summed E-state index contributed by atoms with van der Waals surface area (Å²) in [6.45, 7) is 0. The van der Waals surface area contributed by atoms with Crippen LogP contribution in [0.3, 0.4) is 0 Å². The van der Waals surface area contributed by atoms with Crippen LogP contribution in [-0.4, -0.2) is 22.7 Å². The standard InChI is InChI=1S/C14H12ClN3OS2/c1-19-16-8-12-13(17-14-18(12)6-7-20-14)21-9-10-2-4-11(15)5-3-10/h2-8H,9H2,1H3/b16-8-. The first kappa shape index (κ1) is 14.4. The molecule has 21 heavy (non-hydrogen) atoms. The first-order chi connectivity index (χ1) is 10.3. The number of thiazole rings is 1. The first-order valence-electron chi connectivity index (χ1n) is 6.17. The van der Waals surface area contributed by atoms with E-state index >= 15 is 0 Å². The van der Waals surface area contributed by atoms with Crippen LogP contribution in [0.15, 0.2) is 46.0 Å². The summed E-state index contributed by atoms with van der Waals surface area (Å²) < 4.78 is 2.01.